The van der Waals surface area contributed by atoms with Crippen LogP contribution < -0.4 is 15.5 Å². The molecule has 0 saturated heterocycles. The molecule has 2 N–H and O–H groups in total. The minimum atomic E-state index is 0.0320. The highest BCUT2D eigenvalue weighted by atomic mass is 16.2. The molecule has 112 valence electrons. The number of hydrogen-bond acceptors (Lipinski definition) is 3. The minimum absolute atomic E-state index is 0.0320. The Morgan fingerprint density at radius 3 is 2.86 bits per heavy atom. The Balaban J connectivity index is 1.56. The first kappa shape index (κ1) is 14.1. The molecule has 1 aliphatic carbocycles. The average Bonchev–Trinajstić information content (AvgIpc) is 3.16. The maximum Gasteiger partial charge on any atom is 0.225 e. The molecule has 1 fully saturated rings. The third-order valence-corrected chi connectivity index (χ3v) is 4.00. The number of anilines is 2. The maximum absolute atomic E-state index is 11.9. The van der Waals surface area contributed by atoms with E-state index >= 15 is 0 Å². The molecule has 2 amide bonds. The van der Waals surface area contributed by atoms with Crippen LogP contribution in [0, 0.1) is 0 Å². The first-order chi connectivity index (χ1) is 10.1. The third kappa shape index (κ3) is 3.42. The Morgan fingerprint density at radius 1 is 1.33 bits per heavy atom. The van der Waals surface area contributed by atoms with Gasteiger partial charge in [-0.2, -0.15) is 0 Å². The normalized spacial score (nSPS) is 16.7. The molecule has 5 nitrogen and oxygen atoms in total. The molecule has 2 aliphatic rings. The summed E-state index contributed by atoms with van der Waals surface area (Å²) in [6.45, 7) is 3.05. The average molecular weight is 287 g/mol. The van der Waals surface area contributed by atoms with Crippen LogP contribution in [0.5, 0.6) is 0 Å². The summed E-state index contributed by atoms with van der Waals surface area (Å²) < 4.78 is 0. The van der Waals surface area contributed by atoms with Gasteiger partial charge < -0.3 is 15.5 Å². The number of nitrogens with zero attached hydrogens (tertiary/aromatic N) is 1. The van der Waals surface area contributed by atoms with E-state index < -0.39 is 0 Å². The minimum Gasteiger partial charge on any atom is -0.326 e. The van der Waals surface area contributed by atoms with Gasteiger partial charge >= 0.3 is 0 Å². The number of amides is 2. The zero-order valence-corrected chi connectivity index (χ0v) is 12.3. The van der Waals surface area contributed by atoms with Gasteiger partial charge in [0.1, 0.15) is 0 Å². The molecule has 1 aromatic carbocycles. The molecule has 0 radical (unpaired) electrons. The molecule has 0 atom stereocenters. The summed E-state index contributed by atoms with van der Waals surface area (Å²) in [5, 5.41) is 6.26. The van der Waals surface area contributed by atoms with Crippen molar-refractivity contribution in [2.75, 3.05) is 23.3 Å². The van der Waals surface area contributed by atoms with Crippen molar-refractivity contribution in [3.8, 4) is 0 Å². The lowest BCUT2D eigenvalue weighted by Crippen LogP contribution is -2.25. The molecule has 1 heterocycles. The first-order valence-electron chi connectivity index (χ1n) is 7.58. The molecule has 1 aliphatic heterocycles. The lowest BCUT2D eigenvalue weighted by Gasteiger charge is -2.15. The van der Waals surface area contributed by atoms with Crippen LogP contribution in [-0.4, -0.2) is 30.9 Å². The molecular formula is C16H21N3O2. The number of benzene rings is 1. The van der Waals surface area contributed by atoms with Crippen molar-refractivity contribution in [3.63, 3.8) is 0 Å². The first-order valence-corrected chi connectivity index (χ1v) is 7.58. The number of carbonyl (C=O) groups is 2. The van der Waals surface area contributed by atoms with Gasteiger partial charge in [-0.25, -0.2) is 0 Å². The summed E-state index contributed by atoms with van der Waals surface area (Å²) in [5.74, 6) is 0.0983. The van der Waals surface area contributed by atoms with E-state index in [1.165, 1.54) is 12.8 Å². The molecule has 0 unspecified atom stereocenters. The molecule has 0 bridgehead atoms. The van der Waals surface area contributed by atoms with Gasteiger partial charge in [0.05, 0.1) is 0 Å². The standard InChI is InChI=1S/C16H21N3O2/c1-11(20)19-9-7-12-10-14(4-5-15(12)19)18-16(21)6-8-17-13-2-3-13/h4-5,10,13,17H,2-3,6-9H2,1H3,(H,18,21). The zero-order valence-electron chi connectivity index (χ0n) is 12.3. The van der Waals surface area contributed by atoms with Crippen LogP contribution in [0.15, 0.2) is 18.2 Å². The monoisotopic (exact) mass is 287 g/mol. The van der Waals surface area contributed by atoms with Crippen LogP contribution in [-0.2, 0) is 16.0 Å². The molecule has 0 spiro atoms. The Kier molecular flexibility index (Phi) is 3.92. The van der Waals surface area contributed by atoms with Crippen LogP contribution in [0.25, 0.3) is 0 Å². The van der Waals surface area contributed by atoms with E-state index in [1.807, 2.05) is 18.2 Å². The van der Waals surface area contributed by atoms with Gasteiger partial charge in [-0.15, -0.1) is 0 Å². The smallest absolute Gasteiger partial charge is 0.225 e. The summed E-state index contributed by atoms with van der Waals surface area (Å²) >= 11 is 0. The Labute approximate surface area is 124 Å². The zero-order chi connectivity index (χ0) is 14.8. The third-order valence-electron chi connectivity index (χ3n) is 4.00. The predicted molar refractivity (Wildman–Crippen MR) is 82.4 cm³/mol. The van der Waals surface area contributed by atoms with Crippen molar-refractivity contribution in [1.29, 1.82) is 0 Å². The second kappa shape index (κ2) is 5.85. The highest BCUT2D eigenvalue weighted by Crippen LogP contribution is 2.30. The van der Waals surface area contributed by atoms with Crippen molar-refractivity contribution in [1.82, 2.24) is 5.32 Å². The number of carbonyl (C=O) groups excluding carboxylic acids is 2. The SMILES string of the molecule is CC(=O)N1CCc2cc(NC(=O)CCNC3CC3)ccc21. The summed E-state index contributed by atoms with van der Waals surface area (Å²) in [4.78, 5) is 25.1. The van der Waals surface area contributed by atoms with Crippen LogP contribution in [0.4, 0.5) is 11.4 Å². The van der Waals surface area contributed by atoms with Crippen LogP contribution in [0.2, 0.25) is 0 Å². The molecular weight excluding hydrogens is 266 g/mol. The number of fused-ring (bicyclic) bond motifs is 1. The maximum atomic E-state index is 11.9. The fraction of sp³-hybridized carbons (Fsp3) is 0.500. The van der Waals surface area contributed by atoms with Gasteiger partial charge in [-0.3, -0.25) is 9.59 Å². The summed E-state index contributed by atoms with van der Waals surface area (Å²) in [5.41, 5.74) is 2.91. The fourth-order valence-corrected chi connectivity index (χ4v) is 2.71. The summed E-state index contributed by atoms with van der Waals surface area (Å²) in [6, 6.07) is 6.40. The van der Waals surface area contributed by atoms with E-state index in [4.69, 9.17) is 0 Å². The largest absolute Gasteiger partial charge is 0.326 e. The Bertz CT molecular complexity index is 567. The molecule has 3 rings (SSSR count). The summed E-state index contributed by atoms with van der Waals surface area (Å²) in [6.07, 6.45) is 3.81. The molecule has 0 aromatic heterocycles. The number of hydrogen-bond donors (Lipinski definition) is 2. The van der Waals surface area contributed by atoms with Crippen LogP contribution >= 0.6 is 0 Å². The van der Waals surface area contributed by atoms with Crippen molar-refractivity contribution in [3.05, 3.63) is 23.8 Å². The Hall–Kier alpha value is -1.88. The van der Waals surface area contributed by atoms with Crippen LogP contribution in [0.1, 0.15) is 31.7 Å². The van der Waals surface area contributed by atoms with E-state index in [2.05, 4.69) is 10.6 Å². The molecule has 1 saturated carbocycles. The second-order valence-corrected chi connectivity index (χ2v) is 5.79. The molecule has 1 aromatic rings. The van der Waals surface area contributed by atoms with Gasteiger partial charge in [0, 0.05) is 43.9 Å². The number of nitrogens with one attached hydrogen (secondary N) is 2. The van der Waals surface area contributed by atoms with Gasteiger partial charge in [0.2, 0.25) is 11.8 Å². The highest BCUT2D eigenvalue weighted by Gasteiger charge is 2.22. The van der Waals surface area contributed by atoms with Gasteiger partial charge in [-0.05, 0) is 43.0 Å². The molecule has 21 heavy (non-hydrogen) atoms. The van der Waals surface area contributed by atoms with E-state index in [0.717, 1.165) is 36.4 Å². The Morgan fingerprint density at radius 2 is 2.14 bits per heavy atom. The highest BCUT2D eigenvalue weighted by molar-refractivity contribution is 5.95. The molecule has 5 heteroatoms. The van der Waals surface area contributed by atoms with Gasteiger partial charge in [0.25, 0.3) is 0 Å². The predicted octanol–water partition coefficient (Wildman–Crippen LogP) is 1.68. The lowest BCUT2D eigenvalue weighted by molar-refractivity contribution is -0.117. The lowest BCUT2D eigenvalue weighted by atomic mass is 10.1. The topological polar surface area (TPSA) is 61.4 Å². The van der Waals surface area contributed by atoms with E-state index in [9.17, 15) is 9.59 Å². The summed E-state index contributed by atoms with van der Waals surface area (Å²) in [7, 11) is 0. The van der Waals surface area contributed by atoms with Gasteiger partial charge in [0.15, 0.2) is 0 Å². The van der Waals surface area contributed by atoms with Crippen molar-refractivity contribution in [2.45, 2.75) is 38.6 Å². The number of rotatable bonds is 5. The van der Waals surface area contributed by atoms with E-state index in [1.54, 1.807) is 11.8 Å². The van der Waals surface area contributed by atoms with Gasteiger partial charge in [-0.1, -0.05) is 0 Å². The second-order valence-electron chi connectivity index (χ2n) is 5.79. The van der Waals surface area contributed by atoms with Crippen molar-refractivity contribution >= 4 is 23.2 Å². The van der Waals surface area contributed by atoms with Crippen molar-refractivity contribution in [2.24, 2.45) is 0 Å². The van der Waals surface area contributed by atoms with Crippen molar-refractivity contribution < 1.29 is 9.59 Å². The van der Waals surface area contributed by atoms with Crippen LogP contribution in [0.3, 0.4) is 0 Å². The quantitative estimate of drug-likeness (QED) is 0.866. The van der Waals surface area contributed by atoms with E-state index in [-0.39, 0.29) is 11.8 Å². The van der Waals surface area contributed by atoms with E-state index in [0.29, 0.717) is 12.5 Å². The fourth-order valence-electron chi connectivity index (χ4n) is 2.71.